The van der Waals surface area contributed by atoms with E-state index in [1.807, 2.05) is 91.8 Å². The molecule has 3 aromatic heterocycles. The molecular formula is C67H90ArB2Cl3FN9O15. The topological polar surface area (TPSA) is 344 Å². The standard InChI is InChI=1S/C23H25FN2O3.C16H19ClN2O2.C8H11BO4.C8H10Cl2N2.C8H14N2O2.C4H9NO2.Ar.BH2O2/c1-6-18-22(16-10-9-15(27-3)13-21(16)29-5)25-19(7-2)23(26-18)17-12-14(24)8-11-20(17)28-4;1-5-12-15(18-13(6-2)16(17)19-12)11-8-7-10(20-3)9-14(11)21-4;1-12-6-3-4-7(9(10)11)8(5-6)13-2;1-3-5-7(9)12-6(4-2)8(10)11-5;1-3-5-7(11)10-6(4-2)8(12)9-5;1-2-3(5)4(6)7;;2-1-3/h8-13H,6-7H2,1-5H3;7-9H,5-6H2,1-4H3;3-5,10-11H,1-2H3;3-4H2,1-2H3;5-6H,3-4H2,1-2H3,(H,9,12)(H,10,11);3H,2,5H2,1H3,(H,6,7);;2-3H. The quantitative estimate of drug-likeness (QED) is 0.0310. The molecule has 8 rings (SSSR count). The number of aromatic nitrogens is 6. The first-order valence-corrected chi connectivity index (χ1v) is 32.2. The number of hydrogen-bond acceptors (Lipinski definition) is 21. The van der Waals surface area contributed by atoms with Crippen molar-refractivity contribution >= 4 is 72.9 Å². The van der Waals surface area contributed by atoms with E-state index in [0.29, 0.717) is 98.8 Å². The summed E-state index contributed by atoms with van der Waals surface area (Å²) in [6, 6.07) is 19.1. The van der Waals surface area contributed by atoms with Crippen molar-refractivity contribution in [3.8, 4) is 74.0 Å². The molecule has 4 heterocycles. The predicted octanol–water partition coefficient (Wildman–Crippen LogP) is 9.43. The number of piperazine rings is 1. The van der Waals surface area contributed by atoms with Gasteiger partial charge in [0, 0.05) is 78.1 Å². The summed E-state index contributed by atoms with van der Waals surface area (Å²) in [4.78, 5) is 59.5. The monoisotopic (exact) mass is 1450 g/mol. The van der Waals surface area contributed by atoms with Gasteiger partial charge in [-0.2, -0.15) is 0 Å². The Balaban J connectivity index is 0.000000614. The number of carbonyl (C=O) groups is 3. The molecule has 0 spiro atoms. The van der Waals surface area contributed by atoms with E-state index < -0.39 is 19.1 Å². The molecule has 2 amide bonds. The summed E-state index contributed by atoms with van der Waals surface area (Å²) in [6.07, 6.45) is 6.09. The maximum atomic E-state index is 14.0. The van der Waals surface area contributed by atoms with Crippen LogP contribution >= 0.6 is 34.8 Å². The molecular weight excluding hydrogens is 1360 g/mol. The number of aryl methyl sites for hydroxylation is 6. The molecule has 1 aliphatic heterocycles. The first-order chi connectivity index (χ1) is 46.3. The molecule has 98 heavy (non-hydrogen) atoms. The molecule has 1 radical (unpaired) electrons. The number of aliphatic carboxylic acids is 1. The Morgan fingerprint density at radius 1 is 0.510 bits per heavy atom. The molecule has 1 fully saturated rings. The van der Waals surface area contributed by atoms with Gasteiger partial charge in [0.1, 0.15) is 64.2 Å². The Hall–Kier alpha value is -6.88. The zero-order valence-electron chi connectivity index (χ0n) is 58.1. The van der Waals surface area contributed by atoms with Crippen LogP contribution in [0, 0.1) is 43.6 Å². The van der Waals surface area contributed by atoms with Crippen LogP contribution in [0.5, 0.6) is 40.2 Å². The molecule has 4 aromatic carbocycles. The van der Waals surface area contributed by atoms with Crippen LogP contribution in [0.25, 0.3) is 33.8 Å². The number of ether oxygens (including phenoxy) is 7. The second kappa shape index (κ2) is 47.2. The first kappa shape index (κ1) is 89.1. The second-order valence-corrected chi connectivity index (χ2v) is 21.3. The van der Waals surface area contributed by atoms with Crippen molar-refractivity contribution in [1.29, 1.82) is 0 Å². The average molecular weight is 1450 g/mol. The average Bonchev–Trinajstić information content (AvgIpc) is 0.835. The molecule has 0 saturated carbocycles. The third kappa shape index (κ3) is 26.7. The van der Waals surface area contributed by atoms with E-state index in [-0.39, 0.29) is 75.1 Å². The molecule has 31 heteroatoms. The number of halogens is 4. The van der Waals surface area contributed by atoms with Gasteiger partial charge >= 0.3 is 20.8 Å². The molecule has 3 unspecified atom stereocenters. The fourth-order valence-electron chi connectivity index (χ4n) is 8.82. The number of nitrogens with two attached hydrogens (primary N) is 1. The van der Waals surface area contributed by atoms with Crippen LogP contribution in [-0.2, 0) is 52.9 Å². The van der Waals surface area contributed by atoms with E-state index in [4.69, 9.17) is 109 Å². The van der Waals surface area contributed by atoms with Gasteiger partial charge in [0.15, 0.2) is 15.5 Å². The Labute approximate surface area is 619 Å². The number of carboxylic acids is 1. The SMILES string of the molecule is CCC(N)C(=O)O.CCC1NC(=O)C(CC)NC1=O.CCc1nc(-c2cc(F)ccc2OC)c(CC)nc1-c1ccc(OC)cc1OC.CCc1nc(-c2ccc(OC)cc2OC)c(CC)nc1Cl.CCc1nc(Cl)c(CC)nc1Cl.COc1ccc(B(O)O)c(OC)c1.O[B]O.[Ar]. The molecule has 0 aliphatic carbocycles. The number of carboxylic acid groups (broad SMARTS) is 1. The van der Waals surface area contributed by atoms with Crippen molar-refractivity contribution in [3.63, 3.8) is 0 Å². The van der Waals surface area contributed by atoms with Gasteiger partial charge < -0.3 is 74.7 Å². The van der Waals surface area contributed by atoms with Crippen LogP contribution in [0.15, 0.2) is 72.8 Å². The Morgan fingerprint density at radius 3 is 1.15 bits per heavy atom. The molecule has 1 saturated heterocycles. The number of methoxy groups -OCH3 is 7. The van der Waals surface area contributed by atoms with Crippen molar-refractivity contribution in [2.45, 2.75) is 138 Å². The van der Waals surface area contributed by atoms with Crippen molar-refractivity contribution in [1.82, 2.24) is 40.5 Å². The van der Waals surface area contributed by atoms with Gasteiger partial charge in [-0.3, -0.25) is 14.4 Å². The molecule has 3 atom stereocenters. The van der Waals surface area contributed by atoms with Crippen LogP contribution in [0.3, 0.4) is 0 Å². The molecule has 9 N–H and O–H groups in total. The van der Waals surface area contributed by atoms with Crippen LogP contribution < -0.4 is 55.0 Å². The van der Waals surface area contributed by atoms with E-state index >= 15 is 0 Å². The van der Waals surface area contributed by atoms with Gasteiger partial charge in [0.25, 0.3) is 0 Å². The number of carbonyl (C=O) groups excluding carboxylic acids is 2. The summed E-state index contributed by atoms with van der Waals surface area (Å²) in [5.74, 6) is 2.98. The fourth-order valence-corrected chi connectivity index (χ4v) is 9.65. The van der Waals surface area contributed by atoms with Gasteiger partial charge in [0.05, 0.1) is 101 Å². The third-order valence-corrected chi connectivity index (χ3v) is 15.2. The van der Waals surface area contributed by atoms with Crippen LogP contribution in [-0.4, -0.2) is 156 Å². The van der Waals surface area contributed by atoms with Crippen molar-refractivity contribution in [2.24, 2.45) is 5.73 Å². The molecule has 24 nitrogen and oxygen atoms in total. The number of amides is 2. The van der Waals surface area contributed by atoms with Crippen molar-refractivity contribution < 1.29 is 115 Å². The fraction of sp³-hybridized carbons (Fsp3) is 0.418. The third-order valence-electron chi connectivity index (χ3n) is 14.3. The van der Waals surface area contributed by atoms with Crippen molar-refractivity contribution in [3.05, 3.63) is 128 Å². The number of nitrogens with zero attached hydrogens (tertiary/aromatic N) is 6. The Bertz CT molecular complexity index is 3580. The van der Waals surface area contributed by atoms with Gasteiger partial charge in [-0.15, -0.1) is 0 Å². The number of benzene rings is 4. The van der Waals surface area contributed by atoms with Gasteiger partial charge in [-0.05, 0) is 106 Å². The van der Waals surface area contributed by atoms with Crippen molar-refractivity contribution in [2.75, 3.05) is 49.8 Å². The summed E-state index contributed by atoms with van der Waals surface area (Å²) in [5.41, 5.74) is 14.6. The van der Waals surface area contributed by atoms with Crippen LogP contribution in [0.4, 0.5) is 4.39 Å². The number of nitrogens with one attached hydrogen (secondary N) is 2. The maximum Gasteiger partial charge on any atom is 0.492 e. The molecule has 1 aliphatic rings. The minimum Gasteiger partial charge on any atom is -0.497 e. The zero-order valence-corrected chi connectivity index (χ0v) is 61.1. The largest absolute Gasteiger partial charge is 0.497 e. The Morgan fingerprint density at radius 2 is 0.837 bits per heavy atom. The van der Waals surface area contributed by atoms with E-state index in [0.717, 1.165) is 88.1 Å². The summed E-state index contributed by atoms with van der Waals surface area (Å²) >= 11 is 17.9. The van der Waals surface area contributed by atoms with E-state index in [1.165, 1.54) is 26.4 Å². The first-order valence-electron chi connectivity index (χ1n) is 31.1. The summed E-state index contributed by atoms with van der Waals surface area (Å²) < 4.78 is 50.9. The second-order valence-electron chi connectivity index (χ2n) is 20.3. The molecule has 535 valence electrons. The van der Waals surface area contributed by atoms with E-state index in [1.54, 1.807) is 66.7 Å². The predicted molar refractivity (Wildman–Crippen MR) is 376 cm³/mol. The summed E-state index contributed by atoms with van der Waals surface area (Å²) in [5, 5.41) is 46.7. The zero-order chi connectivity index (χ0) is 73.1. The van der Waals surface area contributed by atoms with Gasteiger partial charge in [-0.25, -0.2) is 34.3 Å². The van der Waals surface area contributed by atoms with E-state index in [2.05, 4.69) is 30.6 Å². The number of rotatable bonds is 21. The Kier molecular flexibility index (Phi) is 42.9. The minimum absolute atomic E-state index is 0. The molecule has 7 aromatic rings. The van der Waals surface area contributed by atoms with E-state index in [9.17, 15) is 18.8 Å². The smallest absolute Gasteiger partial charge is 0.492 e. The number of hydrogen-bond donors (Lipinski definition) is 8. The molecule has 0 bridgehead atoms. The summed E-state index contributed by atoms with van der Waals surface area (Å²) in [6.45, 7) is 17.5. The van der Waals surface area contributed by atoms with Gasteiger partial charge in [0.2, 0.25) is 11.8 Å². The summed E-state index contributed by atoms with van der Waals surface area (Å²) in [7, 11) is 9.52. The normalized spacial score (nSPS) is 12.7. The van der Waals surface area contributed by atoms with Gasteiger partial charge in [-0.1, -0.05) is 103 Å². The van der Waals surface area contributed by atoms with Crippen LogP contribution in [0.2, 0.25) is 15.5 Å². The van der Waals surface area contributed by atoms with Crippen LogP contribution in [0.1, 0.15) is 116 Å². The maximum absolute atomic E-state index is 14.0. The minimum atomic E-state index is -1.53.